The maximum Gasteiger partial charge on any atom is 0.246 e. The largest absolute Gasteiger partial charge is 0.359 e. The Morgan fingerprint density at radius 1 is 1.00 bits per heavy atom. The average Bonchev–Trinajstić information content (AvgIpc) is 3.58. The quantitative estimate of drug-likeness (QED) is 0.437. The number of ether oxygens (including phenoxy) is 1. The molecule has 4 aliphatic heterocycles. The molecule has 1 aromatic carbocycles. The van der Waals surface area contributed by atoms with Crippen molar-refractivity contribution in [2.45, 2.75) is 96.9 Å². The fourth-order valence-electron chi connectivity index (χ4n) is 8.78. The Morgan fingerprint density at radius 2 is 1.77 bits per heavy atom. The summed E-state index contributed by atoms with van der Waals surface area (Å²) in [6, 6.07) is 5.24. The van der Waals surface area contributed by atoms with Crippen molar-refractivity contribution in [3.05, 3.63) is 41.5 Å². The molecule has 1 saturated carbocycles. The second-order valence-corrected chi connectivity index (χ2v) is 14.4. The van der Waals surface area contributed by atoms with Gasteiger partial charge in [0.05, 0.1) is 17.9 Å². The monoisotopic (exact) mass is 590 g/mol. The first-order valence-electron chi connectivity index (χ1n) is 16.7. The molecule has 1 aliphatic carbocycles. The summed E-state index contributed by atoms with van der Waals surface area (Å²) in [6.07, 6.45) is 9.76. The first kappa shape index (κ1) is 30.3. The summed E-state index contributed by atoms with van der Waals surface area (Å²) in [5, 5.41) is 6.44. The Balaban J connectivity index is 1.25. The molecule has 9 unspecified atom stereocenters. The van der Waals surface area contributed by atoms with Crippen molar-refractivity contribution < 1.29 is 19.1 Å². The number of carbonyl (C=O) groups is 3. The summed E-state index contributed by atoms with van der Waals surface area (Å²) in [6.45, 7) is 14.3. The van der Waals surface area contributed by atoms with E-state index in [0.29, 0.717) is 24.3 Å². The number of nitrogens with zero attached hydrogens (tertiary/aromatic N) is 2. The molecule has 0 radical (unpaired) electrons. The molecular formula is C35H50N4O4. The van der Waals surface area contributed by atoms with Gasteiger partial charge in [-0.25, -0.2) is 0 Å². The molecule has 3 saturated heterocycles. The smallest absolute Gasteiger partial charge is 0.246 e. The van der Waals surface area contributed by atoms with Crippen LogP contribution in [0.25, 0.3) is 0 Å². The lowest BCUT2D eigenvalue weighted by atomic mass is 9.73. The standard InChI is InChI=1S/C35H50N4O4/c1-21-9-7-14-38(20-21)15-8-16-39-31(33(41)37-27-11-6-10-24(4)25(27)5)35-13-12-28(43-35)29(30(35)34(39)42)32(40)36-26-18-22(2)17-23(3)19-26/h12-13,17-19,21,24-25,27-31H,6-11,14-16,20H2,1-5H3,(H,36,40)(H,37,41). The molecule has 3 amide bonds. The van der Waals surface area contributed by atoms with E-state index in [1.807, 2.05) is 38.1 Å². The van der Waals surface area contributed by atoms with E-state index in [1.54, 1.807) is 4.90 Å². The van der Waals surface area contributed by atoms with Gasteiger partial charge in [-0.1, -0.05) is 51.8 Å². The van der Waals surface area contributed by atoms with Crippen LogP contribution in [-0.2, 0) is 19.1 Å². The molecule has 8 nitrogen and oxygen atoms in total. The van der Waals surface area contributed by atoms with Crippen molar-refractivity contribution in [1.29, 1.82) is 0 Å². The summed E-state index contributed by atoms with van der Waals surface area (Å²) in [7, 11) is 0. The normalized spacial score (nSPS) is 37.0. The van der Waals surface area contributed by atoms with Crippen LogP contribution in [0.1, 0.15) is 70.4 Å². The third kappa shape index (κ3) is 5.66. The summed E-state index contributed by atoms with van der Waals surface area (Å²) in [5.74, 6) is -0.321. The minimum atomic E-state index is -1.13. The minimum Gasteiger partial charge on any atom is -0.359 e. The van der Waals surface area contributed by atoms with Crippen molar-refractivity contribution >= 4 is 23.4 Å². The van der Waals surface area contributed by atoms with Crippen LogP contribution < -0.4 is 10.6 Å². The summed E-state index contributed by atoms with van der Waals surface area (Å²) in [5.41, 5.74) is 1.71. The van der Waals surface area contributed by atoms with Crippen molar-refractivity contribution in [3.63, 3.8) is 0 Å². The maximum absolute atomic E-state index is 14.3. The highest BCUT2D eigenvalue weighted by molar-refractivity contribution is 6.02. The number of likely N-dealkylation sites (tertiary alicyclic amines) is 2. The van der Waals surface area contributed by atoms with Crippen LogP contribution in [0.2, 0.25) is 0 Å². The van der Waals surface area contributed by atoms with Gasteiger partial charge in [0.15, 0.2) is 0 Å². The van der Waals surface area contributed by atoms with Gasteiger partial charge >= 0.3 is 0 Å². The van der Waals surface area contributed by atoms with Crippen LogP contribution in [0.4, 0.5) is 5.69 Å². The molecule has 6 rings (SSSR count). The fraction of sp³-hybridized carbons (Fsp3) is 0.686. The lowest BCUT2D eigenvalue weighted by molar-refractivity contribution is -0.141. The SMILES string of the molecule is Cc1cc(C)cc(NC(=O)C2C3C=CC4(O3)C2C(=O)N(CCCN2CCCC(C)C2)C4C(=O)NC2CCCC(C)C2C)c1. The molecule has 1 spiro atoms. The van der Waals surface area contributed by atoms with Crippen LogP contribution in [0.3, 0.4) is 0 Å². The summed E-state index contributed by atoms with van der Waals surface area (Å²) in [4.78, 5) is 46.7. The number of hydrogen-bond donors (Lipinski definition) is 2. The molecule has 5 aliphatic rings. The third-order valence-corrected chi connectivity index (χ3v) is 11.1. The number of fused-ring (bicyclic) bond motifs is 1. The van der Waals surface area contributed by atoms with Crippen molar-refractivity contribution in [2.24, 2.45) is 29.6 Å². The highest BCUT2D eigenvalue weighted by atomic mass is 16.5. The molecule has 4 fully saturated rings. The Morgan fingerprint density at radius 3 is 2.51 bits per heavy atom. The Bertz CT molecular complexity index is 1260. The van der Waals surface area contributed by atoms with Crippen LogP contribution >= 0.6 is 0 Å². The molecule has 4 heterocycles. The highest BCUT2D eigenvalue weighted by Gasteiger charge is 2.72. The Hall–Kier alpha value is -2.71. The zero-order valence-corrected chi connectivity index (χ0v) is 26.6. The van der Waals surface area contributed by atoms with E-state index in [-0.39, 0.29) is 23.8 Å². The van der Waals surface area contributed by atoms with Gasteiger partial charge < -0.3 is 25.2 Å². The molecule has 2 bridgehead atoms. The van der Waals surface area contributed by atoms with Gasteiger partial charge in [-0.15, -0.1) is 0 Å². The molecule has 234 valence electrons. The van der Waals surface area contributed by atoms with Gasteiger partial charge in [-0.2, -0.15) is 0 Å². The zero-order chi connectivity index (χ0) is 30.5. The zero-order valence-electron chi connectivity index (χ0n) is 26.6. The lowest BCUT2D eigenvalue weighted by Crippen LogP contribution is -2.58. The predicted molar refractivity (Wildman–Crippen MR) is 167 cm³/mol. The van der Waals surface area contributed by atoms with Gasteiger partial charge in [0.1, 0.15) is 11.6 Å². The molecule has 43 heavy (non-hydrogen) atoms. The number of anilines is 1. The van der Waals surface area contributed by atoms with Crippen LogP contribution in [0.15, 0.2) is 30.4 Å². The molecule has 0 aromatic heterocycles. The summed E-state index contributed by atoms with van der Waals surface area (Å²) < 4.78 is 6.58. The fourth-order valence-corrected chi connectivity index (χ4v) is 8.78. The predicted octanol–water partition coefficient (Wildman–Crippen LogP) is 4.46. The van der Waals surface area contributed by atoms with E-state index in [0.717, 1.165) is 55.7 Å². The first-order valence-corrected chi connectivity index (χ1v) is 16.7. The molecule has 8 heteroatoms. The number of piperidine rings is 1. The second-order valence-electron chi connectivity index (χ2n) is 14.4. The van der Waals surface area contributed by atoms with Gasteiger partial charge in [0.25, 0.3) is 0 Å². The average molecular weight is 591 g/mol. The number of rotatable bonds is 8. The second kappa shape index (κ2) is 12.0. The topological polar surface area (TPSA) is 91.0 Å². The van der Waals surface area contributed by atoms with E-state index >= 15 is 0 Å². The van der Waals surface area contributed by atoms with Gasteiger partial charge in [0, 0.05) is 24.8 Å². The number of carbonyl (C=O) groups excluding carboxylic acids is 3. The van der Waals surface area contributed by atoms with Crippen molar-refractivity contribution in [3.8, 4) is 0 Å². The number of benzene rings is 1. The van der Waals surface area contributed by atoms with E-state index in [2.05, 4.69) is 42.4 Å². The van der Waals surface area contributed by atoms with Crippen LogP contribution in [0, 0.1) is 43.4 Å². The molecule has 2 N–H and O–H groups in total. The highest BCUT2D eigenvalue weighted by Crippen LogP contribution is 2.55. The van der Waals surface area contributed by atoms with E-state index < -0.39 is 29.6 Å². The number of hydrogen-bond acceptors (Lipinski definition) is 5. The molecular weight excluding hydrogens is 540 g/mol. The maximum atomic E-state index is 14.3. The lowest BCUT2D eigenvalue weighted by Gasteiger charge is -2.38. The van der Waals surface area contributed by atoms with Crippen molar-refractivity contribution in [1.82, 2.24) is 15.1 Å². The third-order valence-electron chi connectivity index (χ3n) is 11.1. The number of amides is 3. The Labute approximate surface area is 257 Å². The van der Waals surface area contributed by atoms with E-state index in [9.17, 15) is 14.4 Å². The first-order chi connectivity index (χ1) is 20.6. The van der Waals surface area contributed by atoms with E-state index in [4.69, 9.17) is 4.74 Å². The Kier molecular flexibility index (Phi) is 8.46. The van der Waals surface area contributed by atoms with E-state index in [1.165, 1.54) is 19.3 Å². The van der Waals surface area contributed by atoms with Crippen LogP contribution in [-0.4, -0.2) is 77.5 Å². The molecule has 9 atom stereocenters. The molecule has 1 aromatic rings. The van der Waals surface area contributed by atoms with Crippen molar-refractivity contribution in [2.75, 3.05) is 31.5 Å². The summed E-state index contributed by atoms with van der Waals surface area (Å²) >= 11 is 0. The van der Waals surface area contributed by atoms with Gasteiger partial charge in [0.2, 0.25) is 17.7 Å². The van der Waals surface area contributed by atoms with Gasteiger partial charge in [-0.05, 0) is 93.6 Å². The number of aryl methyl sites for hydroxylation is 2. The minimum absolute atomic E-state index is 0.0738. The van der Waals surface area contributed by atoms with Gasteiger partial charge in [-0.3, -0.25) is 14.4 Å². The number of nitrogens with one attached hydrogen (secondary N) is 2. The van der Waals surface area contributed by atoms with Crippen LogP contribution in [0.5, 0.6) is 0 Å².